The fourth-order valence-electron chi connectivity index (χ4n) is 4.61. The number of benzene rings is 1. The van der Waals surface area contributed by atoms with Crippen molar-refractivity contribution in [1.29, 1.82) is 0 Å². The number of allylic oxidation sites excluding steroid dienone is 3. The van der Waals surface area contributed by atoms with Crippen LogP contribution in [0, 0.1) is 24.7 Å². The van der Waals surface area contributed by atoms with Crippen LogP contribution in [0.2, 0.25) is 0 Å². The van der Waals surface area contributed by atoms with Gasteiger partial charge in [0.15, 0.2) is 0 Å². The van der Waals surface area contributed by atoms with Gasteiger partial charge in [0.05, 0.1) is 0 Å². The molecule has 1 saturated carbocycles. The van der Waals surface area contributed by atoms with Crippen molar-refractivity contribution in [3.63, 3.8) is 0 Å². The molecule has 1 aromatic rings. The maximum atomic E-state index is 3.86. The smallest absolute Gasteiger partial charge is 0.0228 e. The predicted octanol–water partition coefficient (Wildman–Crippen LogP) is 6.95. The van der Waals surface area contributed by atoms with Crippen LogP contribution in [0.25, 0.3) is 5.57 Å². The van der Waals surface area contributed by atoms with Crippen molar-refractivity contribution in [3.8, 4) is 0 Å². The molecule has 23 heavy (non-hydrogen) atoms. The summed E-state index contributed by atoms with van der Waals surface area (Å²) in [6.07, 6.45) is 17.1. The fourth-order valence-corrected chi connectivity index (χ4v) is 4.61. The van der Waals surface area contributed by atoms with Gasteiger partial charge in [-0.3, -0.25) is 0 Å². The van der Waals surface area contributed by atoms with Gasteiger partial charge in [0.25, 0.3) is 0 Å². The molecule has 2 aliphatic rings. The lowest BCUT2D eigenvalue weighted by Gasteiger charge is -2.35. The molecule has 1 atom stereocenters. The SMILES string of the molecule is C=CCCC1CCC(C2CC=C(c3ccc(C)cc3)CC2)CC1. The van der Waals surface area contributed by atoms with E-state index in [0.717, 1.165) is 17.8 Å². The van der Waals surface area contributed by atoms with E-state index in [1.807, 2.05) is 0 Å². The molecule has 124 valence electrons. The second-order valence-electron chi connectivity index (χ2n) is 7.78. The Hall–Kier alpha value is -1.30. The molecule has 1 aromatic carbocycles. The first-order valence-electron chi connectivity index (χ1n) is 9.63. The highest BCUT2D eigenvalue weighted by atomic mass is 14.3. The van der Waals surface area contributed by atoms with Crippen LogP contribution in [0.15, 0.2) is 43.0 Å². The molecule has 0 radical (unpaired) electrons. The zero-order valence-electron chi connectivity index (χ0n) is 14.8. The van der Waals surface area contributed by atoms with Gasteiger partial charge in [-0.05, 0) is 80.8 Å². The van der Waals surface area contributed by atoms with Crippen LogP contribution in [0.5, 0.6) is 0 Å². The number of aryl methyl sites for hydroxylation is 1. The summed E-state index contributed by atoms with van der Waals surface area (Å²) in [6.45, 7) is 6.03. The summed E-state index contributed by atoms with van der Waals surface area (Å²) in [5.41, 5.74) is 4.39. The monoisotopic (exact) mass is 308 g/mol. The summed E-state index contributed by atoms with van der Waals surface area (Å²) in [4.78, 5) is 0. The molecule has 0 nitrogen and oxygen atoms in total. The Morgan fingerprint density at radius 2 is 1.74 bits per heavy atom. The quantitative estimate of drug-likeness (QED) is 0.516. The van der Waals surface area contributed by atoms with Gasteiger partial charge in [0.2, 0.25) is 0 Å². The lowest BCUT2D eigenvalue weighted by Crippen LogP contribution is -2.23. The summed E-state index contributed by atoms with van der Waals surface area (Å²) in [7, 11) is 0. The number of hydrogen-bond donors (Lipinski definition) is 0. The number of hydrogen-bond acceptors (Lipinski definition) is 0. The van der Waals surface area contributed by atoms with Gasteiger partial charge in [-0.2, -0.15) is 0 Å². The van der Waals surface area contributed by atoms with Gasteiger partial charge in [-0.1, -0.05) is 54.8 Å². The van der Waals surface area contributed by atoms with Crippen molar-refractivity contribution < 1.29 is 0 Å². The van der Waals surface area contributed by atoms with Crippen LogP contribution < -0.4 is 0 Å². The van der Waals surface area contributed by atoms with Gasteiger partial charge in [-0.25, -0.2) is 0 Å². The van der Waals surface area contributed by atoms with E-state index in [4.69, 9.17) is 0 Å². The third-order valence-corrected chi connectivity index (χ3v) is 6.21. The molecule has 0 amide bonds. The van der Waals surface area contributed by atoms with Gasteiger partial charge in [-0.15, -0.1) is 6.58 Å². The molecule has 1 unspecified atom stereocenters. The molecule has 1 fully saturated rings. The topological polar surface area (TPSA) is 0 Å². The van der Waals surface area contributed by atoms with E-state index in [1.165, 1.54) is 68.9 Å². The van der Waals surface area contributed by atoms with Crippen molar-refractivity contribution in [2.24, 2.45) is 17.8 Å². The molecule has 2 aliphatic carbocycles. The van der Waals surface area contributed by atoms with Crippen molar-refractivity contribution in [2.75, 3.05) is 0 Å². The lowest BCUT2D eigenvalue weighted by atomic mass is 9.70. The Morgan fingerprint density at radius 1 is 1.00 bits per heavy atom. The highest BCUT2D eigenvalue weighted by Crippen LogP contribution is 2.42. The summed E-state index contributed by atoms with van der Waals surface area (Å²) >= 11 is 0. The Bertz CT molecular complexity index is 526. The van der Waals surface area contributed by atoms with Crippen molar-refractivity contribution >= 4 is 5.57 Å². The molecular weight excluding hydrogens is 276 g/mol. The molecule has 0 heteroatoms. The first-order chi connectivity index (χ1) is 11.3. The van der Waals surface area contributed by atoms with Gasteiger partial charge < -0.3 is 0 Å². The molecule has 0 bridgehead atoms. The Labute approximate surface area is 142 Å². The maximum absolute atomic E-state index is 3.86. The average Bonchev–Trinajstić information content (AvgIpc) is 2.61. The van der Waals surface area contributed by atoms with E-state index >= 15 is 0 Å². The maximum Gasteiger partial charge on any atom is -0.0228 e. The minimum absolute atomic E-state index is 0.949. The average molecular weight is 309 g/mol. The zero-order chi connectivity index (χ0) is 16.1. The van der Waals surface area contributed by atoms with Crippen LogP contribution in [-0.2, 0) is 0 Å². The first kappa shape index (κ1) is 16.6. The van der Waals surface area contributed by atoms with Crippen molar-refractivity contribution in [3.05, 3.63) is 54.1 Å². The molecule has 0 aliphatic heterocycles. The Balaban J connectivity index is 1.51. The van der Waals surface area contributed by atoms with Crippen molar-refractivity contribution in [2.45, 2.75) is 64.7 Å². The standard InChI is InChI=1S/C23H32/c1-3-4-5-19-8-12-21(13-9-19)23-16-14-22(15-17-23)20-10-6-18(2)7-11-20/h3,6-7,10-11,14,19,21,23H,1,4-5,8-9,12-13,15-17H2,2H3. The van der Waals surface area contributed by atoms with Gasteiger partial charge >= 0.3 is 0 Å². The minimum atomic E-state index is 0.949. The van der Waals surface area contributed by atoms with E-state index < -0.39 is 0 Å². The zero-order valence-corrected chi connectivity index (χ0v) is 14.8. The summed E-state index contributed by atoms with van der Waals surface area (Å²) < 4.78 is 0. The molecule has 0 heterocycles. The van der Waals surface area contributed by atoms with Crippen LogP contribution >= 0.6 is 0 Å². The largest absolute Gasteiger partial charge is 0.103 e. The van der Waals surface area contributed by atoms with Gasteiger partial charge in [0, 0.05) is 0 Å². The Kier molecular flexibility index (Phi) is 5.75. The van der Waals surface area contributed by atoms with E-state index in [-0.39, 0.29) is 0 Å². The molecule has 0 N–H and O–H groups in total. The van der Waals surface area contributed by atoms with E-state index in [9.17, 15) is 0 Å². The predicted molar refractivity (Wildman–Crippen MR) is 101 cm³/mol. The van der Waals surface area contributed by atoms with E-state index in [1.54, 1.807) is 5.57 Å². The fraction of sp³-hybridized carbons (Fsp3) is 0.565. The second-order valence-corrected chi connectivity index (χ2v) is 7.78. The van der Waals surface area contributed by atoms with Crippen LogP contribution in [0.4, 0.5) is 0 Å². The summed E-state index contributed by atoms with van der Waals surface area (Å²) in [5, 5.41) is 0. The van der Waals surface area contributed by atoms with E-state index in [2.05, 4.69) is 49.9 Å². The Morgan fingerprint density at radius 3 is 2.35 bits per heavy atom. The second kappa shape index (κ2) is 7.99. The molecule has 0 spiro atoms. The molecule has 3 rings (SSSR count). The normalized spacial score (nSPS) is 28.2. The summed E-state index contributed by atoms with van der Waals surface area (Å²) in [5.74, 6) is 2.92. The third kappa shape index (κ3) is 4.37. The molecule has 0 aromatic heterocycles. The molecule has 0 saturated heterocycles. The van der Waals surface area contributed by atoms with Crippen molar-refractivity contribution in [1.82, 2.24) is 0 Å². The van der Waals surface area contributed by atoms with Gasteiger partial charge in [0.1, 0.15) is 0 Å². The lowest BCUT2D eigenvalue weighted by molar-refractivity contribution is 0.190. The van der Waals surface area contributed by atoms with Crippen LogP contribution in [0.1, 0.15) is 68.9 Å². The highest BCUT2D eigenvalue weighted by Gasteiger charge is 2.28. The highest BCUT2D eigenvalue weighted by molar-refractivity contribution is 5.66. The number of rotatable bonds is 5. The van der Waals surface area contributed by atoms with Crippen LogP contribution in [0.3, 0.4) is 0 Å². The summed E-state index contributed by atoms with van der Waals surface area (Å²) in [6, 6.07) is 9.08. The minimum Gasteiger partial charge on any atom is -0.103 e. The van der Waals surface area contributed by atoms with Crippen LogP contribution in [-0.4, -0.2) is 0 Å². The first-order valence-corrected chi connectivity index (χ1v) is 9.63. The molecular formula is C23H32. The third-order valence-electron chi connectivity index (χ3n) is 6.21. The van der Waals surface area contributed by atoms with E-state index in [0.29, 0.717) is 0 Å².